The van der Waals surface area contributed by atoms with Crippen LogP contribution >= 0.6 is 0 Å². The summed E-state index contributed by atoms with van der Waals surface area (Å²) in [5.41, 5.74) is 2.98. The van der Waals surface area contributed by atoms with Crippen molar-refractivity contribution in [3.8, 4) is 11.5 Å². The molecule has 1 aliphatic heterocycles. The van der Waals surface area contributed by atoms with Crippen molar-refractivity contribution in [2.75, 3.05) is 40.6 Å². The zero-order chi connectivity index (χ0) is 45.0. The summed E-state index contributed by atoms with van der Waals surface area (Å²) < 4.78 is 39.6. The molecule has 5 rings (SSSR count). The van der Waals surface area contributed by atoms with Crippen LogP contribution in [0.3, 0.4) is 0 Å². The summed E-state index contributed by atoms with van der Waals surface area (Å²) in [5.74, 6) is -1.91. The van der Waals surface area contributed by atoms with Crippen molar-refractivity contribution in [3.05, 3.63) is 83.7 Å². The first-order chi connectivity index (χ1) is 30.7. The van der Waals surface area contributed by atoms with Gasteiger partial charge in [-0.15, -0.1) is 6.58 Å². The first kappa shape index (κ1) is 49.6. The van der Waals surface area contributed by atoms with Crippen molar-refractivity contribution < 1.29 is 48.0 Å². The number of allylic oxidation sites excluding steroid dienone is 1. The molecule has 0 aromatic heterocycles. The number of halogens is 1. The normalized spacial score (nSPS) is 22.9. The van der Waals surface area contributed by atoms with Gasteiger partial charge < -0.3 is 39.3 Å². The maximum Gasteiger partial charge on any atom is 0.412 e. The summed E-state index contributed by atoms with van der Waals surface area (Å²) in [6, 6.07) is 10.5. The topological polar surface area (TPSA) is 148 Å². The Labute approximate surface area is 374 Å². The second-order valence-electron chi connectivity index (χ2n) is 17.2. The molecule has 3 aliphatic rings. The average molecular weight is 878 g/mol. The standard InChI is InChI=1S/C50H72FN3O9/c1-5-7-8-9-10-11-12-13-14-17-28-52-48(57)62-39-26-27-44-42(33-39)46-40(21-16-19-30-56)37(20-15-18-29-55)32-41-43(53-60-4)34-45(50(63-44,47(41)46)61-31-6-2)54(49(58)59-3)35-36-22-24-38(51)25-23-36/h6,22-27,32-33,37,40,45-47,55-56H,2,5,7-21,28-31,34-35H2,1,3-4H3,(H,52,57)/t37-,40+,45-,46+,47+,50+/m0/s1. The highest BCUT2D eigenvalue weighted by atomic mass is 19.1. The Morgan fingerprint density at radius 1 is 0.937 bits per heavy atom. The number of hydrogen-bond acceptors (Lipinski definition) is 10. The molecule has 348 valence electrons. The van der Waals surface area contributed by atoms with Gasteiger partial charge in [0.2, 0.25) is 5.79 Å². The maximum absolute atomic E-state index is 14.1. The van der Waals surface area contributed by atoms with Gasteiger partial charge in [0.25, 0.3) is 0 Å². The predicted molar refractivity (Wildman–Crippen MR) is 242 cm³/mol. The van der Waals surface area contributed by atoms with Crippen molar-refractivity contribution in [2.24, 2.45) is 22.9 Å². The highest BCUT2D eigenvalue weighted by Crippen LogP contribution is 2.62. The Kier molecular flexibility index (Phi) is 20.2. The number of ether oxygens (including phenoxy) is 4. The number of nitrogens with zero attached hydrogens (tertiary/aromatic N) is 2. The molecule has 0 saturated heterocycles. The Morgan fingerprint density at radius 3 is 2.27 bits per heavy atom. The number of unbranched alkanes of at least 4 members (excludes halogenated alkanes) is 11. The summed E-state index contributed by atoms with van der Waals surface area (Å²) in [6.07, 6.45) is 19.3. The van der Waals surface area contributed by atoms with Gasteiger partial charge in [0.1, 0.15) is 30.5 Å². The van der Waals surface area contributed by atoms with Crippen molar-refractivity contribution in [1.29, 1.82) is 0 Å². The lowest BCUT2D eigenvalue weighted by atomic mass is 9.55. The summed E-state index contributed by atoms with van der Waals surface area (Å²) in [4.78, 5) is 34.3. The molecule has 2 aromatic rings. The molecule has 6 atom stereocenters. The highest BCUT2D eigenvalue weighted by molar-refractivity contribution is 6.03. The van der Waals surface area contributed by atoms with Crippen LogP contribution in [0.1, 0.15) is 133 Å². The van der Waals surface area contributed by atoms with Gasteiger partial charge in [-0.05, 0) is 85.4 Å². The van der Waals surface area contributed by atoms with Crippen LogP contribution in [0.15, 0.2) is 71.9 Å². The van der Waals surface area contributed by atoms with E-state index < -0.39 is 35.8 Å². The van der Waals surface area contributed by atoms with Crippen LogP contribution in [-0.4, -0.2) is 85.4 Å². The Morgan fingerprint density at radius 2 is 1.62 bits per heavy atom. The van der Waals surface area contributed by atoms with Gasteiger partial charge in [-0.1, -0.05) is 107 Å². The molecule has 13 heteroatoms. The van der Waals surface area contributed by atoms with Crippen LogP contribution in [0.5, 0.6) is 11.5 Å². The van der Waals surface area contributed by atoms with Crippen LogP contribution in [0, 0.1) is 23.6 Å². The fourth-order valence-corrected chi connectivity index (χ4v) is 9.97. The van der Waals surface area contributed by atoms with Crippen LogP contribution in [0.2, 0.25) is 0 Å². The van der Waals surface area contributed by atoms with Gasteiger partial charge in [0, 0.05) is 44.2 Å². The second-order valence-corrected chi connectivity index (χ2v) is 17.2. The number of oxime groups is 1. The molecule has 1 heterocycles. The fourth-order valence-electron chi connectivity index (χ4n) is 9.97. The number of rotatable bonds is 27. The first-order valence-electron chi connectivity index (χ1n) is 23.4. The Bertz CT molecular complexity index is 1810. The van der Waals surface area contributed by atoms with Crippen LogP contribution in [0.25, 0.3) is 0 Å². The molecule has 3 N–H and O–H groups in total. The third-order valence-corrected chi connectivity index (χ3v) is 12.9. The quantitative estimate of drug-likeness (QED) is 0.0453. The predicted octanol–water partition coefficient (Wildman–Crippen LogP) is 10.4. The van der Waals surface area contributed by atoms with E-state index in [2.05, 4.69) is 30.1 Å². The Hall–Kier alpha value is -4.46. The largest absolute Gasteiger partial charge is 0.459 e. The van der Waals surface area contributed by atoms with E-state index in [9.17, 15) is 24.2 Å². The van der Waals surface area contributed by atoms with Crippen molar-refractivity contribution in [1.82, 2.24) is 10.2 Å². The zero-order valence-electron chi connectivity index (χ0n) is 37.9. The molecule has 1 saturated carbocycles. The van der Waals surface area contributed by atoms with E-state index in [-0.39, 0.29) is 50.5 Å². The van der Waals surface area contributed by atoms with E-state index >= 15 is 0 Å². The number of nitrogens with one attached hydrogen (secondary N) is 1. The molecular weight excluding hydrogens is 806 g/mol. The molecule has 0 radical (unpaired) electrons. The zero-order valence-corrected chi connectivity index (χ0v) is 37.9. The van der Waals surface area contributed by atoms with E-state index in [4.69, 9.17) is 23.8 Å². The number of carbonyl (C=O) groups excluding carboxylic acids is 2. The van der Waals surface area contributed by atoms with Gasteiger partial charge in [-0.25, -0.2) is 14.0 Å². The van der Waals surface area contributed by atoms with Crippen molar-refractivity contribution >= 4 is 17.9 Å². The third-order valence-electron chi connectivity index (χ3n) is 12.9. The van der Waals surface area contributed by atoms with E-state index in [0.717, 1.165) is 56.1 Å². The molecule has 0 unspecified atom stereocenters. The number of benzene rings is 2. The molecule has 12 nitrogen and oxygen atoms in total. The van der Waals surface area contributed by atoms with Gasteiger partial charge in [-0.2, -0.15) is 0 Å². The lowest BCUT2D eigenvalue weighted by molar-refractivity contribution is -0.256. The molecular formula is C50H72FN3O9. The molecule has 0 bridgehead atoms. The molecule has 63 heavy (non-hydrogen) atoms. The monoisotopic (exact) mass is 878 g/mol. The number of fused-ring (bicyclic) bond motifs is 2. The minimum Gasteiger partial charge on any atom is -0.459 e. The van der Waals surface area contributed by atoms with Gasteiger partial charge in [0.05, 0.1) is 25.3 Å². The number of aliphatic hydroxyl groups is 2. The molecule has 2 aromatic carbocycles. The third kappa shape index (κ3) is 13.1. The lowest BCUT2D eigenvalue weighted by Crippen LogP contribution is -2.70. The SMILES string of the molecule is C=CCO[C@@]12Oc3ccc(OC(=O)NCCCCCCCCCCCC)cc3[C@H]3[C@H](CCCCO)[C@@H](CCCCO)C=C(C(=NOC)C[C@@H]1N(Cc1ccc(F)cc1)C(=O)OC)[C@H]32. The van der Waals surface area contributed by atoms with Gasteiger partial charge in [-0.3, -0.25) is 4.90 Å². The average Bonchev–Trinajstić information content (AvgIpc) is 3.28. The molecule has 1 fully saturated rings. The van der Waals surface area contributed by atoms with E-state index in [1.54, 1.807) is 35.2 Å². The minimum atomic E-state index is -1.52. The van der Waals surface area contributed by atoms with Crippen LogP contribution in [-0.2, 0) is 20.9 Å². The van der Waals surface area contributed by atoms with E-state index in [0.29, 0.717) is 42.2 Å². The number of carbonyl (C=O) groups is 2. The lowest BCUT2D eigenvalue weighted by Gasteiger charge is -2.59. The number of amides is 2. The second kappa shape index (κ2) is 25.7. The van der Waals surface area contributed by atoms with Crippen molar-refractivity contribution in [3.63, 3.8) is 0 Å². The summed E-state index contributed by atoms with van der Waals surface area (Å²) in [7, 11) is 2.81. The molecule has 2 amide bonds. The van der Waals surface area contributed by atoms with E-state index in [1.807, 2.05) is 6.07 Å². The first-order valence-corrected chi connectivity index (χ1v) is 23.4. The Balaban J connectivity index is 1.53. The summed E-state index contributed by atoms with van der Waals surface area (Å²) in [6.45, 7) is 7.00. The summed E-state index contributed by atoms with van der Waals surface area (Å²) in [5, 5.41) is 27.3. The van der Waals surface area contributed by atoms with Crippen LogP contribution in [0.4, 0.5) is 14.0 Å². The summed E-state index contributed by atoms with van der Waals surface area (Å²) >= 11 is 0. The minimum absolute atomic E-state index is 0.0232. The van der Waals surface area contributed by atoms with Gasteiger partial charge in [0.15, 0.2) is 0 Å². The number of methoxy groups -OCH3 is 1. The number of hydrogen-bond donors (Lipinski definition) is 3. The fraction of sp³-hybridized carbons (Fsp3) is 0.620. The number of aliphatic hydroxyl groups excluding tert-OH is 2. The van der Waals surface area contributed by atoms with Crippen LogP contribution < -0.4 is 14.8 Å². The van der Waals surface area contributed by atoms with Gasteiger partial charge >= 0.3 is 12.2 Å². The maximum atomic E-state index is 14.1. The molecule has 0 spiro atoms. The van der Waals surface area contributed by atoms with E-state index in [1.165, 1.54) is 71.3 Å². The highest BCUT2D eigenvalue weighted by Gasteiger charge is 2.65. The molecule has 2 aliphatic carbocycles. The van der Waals surface area contributed by atoms with Crippen molar-refractivity contribution in [2.45, 2.75) is 140 Å². The smallest absolute Gasteiger partial charge is 0.412 e.